The Kier molecular flexibility index (Phi) is 10.9. The van der Waals surface area contributed by atoms with Crippen molar-refractivity contribution < 1.29 is 15.0 Å². The topological polar surface area (TPSA) is 132 Å². The molecule has 5 aromatic rings. The molecule has 6 N–H and O–H groups in total. The minimum Gasteiger partial charge on any atom is -0.506 e. The van der Waals surface area contributed by atoms with Crippen LogP contribution in [0.5, 0.6) is 5.75 Å². The molecular formula is C41H46N4O4. The van der Waals surface area contributed by atoms with Gasteiger partial charge in [0, 0.05) is 24.5 Å². The summed E-state index contributed by atoms with van der Waals surface area (Å²) >= 11 is 0. The molecule has 1 aliphatic rings. The van der Waals surface area contributed by atoms with Gasteiger partial charge in [0.1, 0.15) is 11.2 Å². The largest absolute Gasteiger partial charge is 0.506 e. The number of carbonyl (C=O) groups is 1. The van der Waals surface area contributed by atoms with Crippen LogP contribution in [0.25, 0.3) is 10.9 Å². The number of likely N-dealkylation sites (tertiary alicyclic amines) is 1. The Balaban J connectivity index is 0.950. The first-order chi connectivity index (χ1) is 23.9. The zero-order chi connectivity index (χ0) is 34.2. The maximum atomic E-state index is 13.3. The molecule has 2 heterocycles. The molecule has 1 amide bonds. The number of phenols is 1. The maximum Gasteiger partial charge on any atom is 0.248 e. The van der Waals surface area contributed by atoms with E-state index in [2.05, 4.69) is 39.5 Å². The minimum absolute atomic E-state index is 0.0175. The second kappa shape index (κ2) is 15.6. The van der Waals surface area contributed by atoms with Gasteiger partial charge in [0.05, 0.1) is 11.6 Å². The molecule has 6 rings (SSSR count). The van der Waals surface area contributed by atoms with Gasteiger partial charge in [-0.1, -0.05) is 91.0 Å². The van der Waals surface area contributed by atoms with E-state index in [1.807, 2.05) is 60.7 Å². The molecule has 0 spiro atoms. The van der Waals surface area contributed by atoms with E-state index in [0.717, 1.165) is 62.9 Å². The third-order valence-corrected chi connectivity index (χ3v) is 10.1. The van der Waals surface area contributed by atoms with Crippen LogP contribution in [0, 0.1) is 5.92 Å². The van der Waals surface area contributed by atoms with Crippen LogP contribution in [-0.2, 0) is 23.1 Å². The SMILES string of the molecule is NC(=O)C(c1ccccc1)(c1ccccc1)[C@@H]1CCN(CCCCc2ccc(CCNC[C@@H](O)c3ccc(O)c4[nH]c(=O)ccc34)cc2)C1. The number of aromatic amines is 1. The number of hydrogen-bond acceptors (Lipinski definition) is 6. The Morgan fingerprint density at radius 1 is 0.878 bits per heavy atom. The molecule has 1 aromatic heterocycles. The number of pyridine rings is 1. The number of aromatic hydroxyl groups is 1. The number of nitrogens with zero attached hydrogens (tertiary/aromatic N) is 1. The highest BCUT2D eigenvalue weighted by atomic mass is 16.3. The van der Waals surface area contributed by atoms with Crippen molar-refractivity contribution in [2.24, 2.45) is 11.7 Å². The van der Waals surface area contributed by atoms with Crippen molar-refractivity contribution in [3.63, 3.8) is 0 Å². The van der Waals surface area contributed by atoms with Gasteiger partial charge in [-0.15, -0.1) is 0 Å². The fraction of sp³-hybridized carbons (Fsp3) is 0.317. The van der Waals surface area contributed by atoms with E-state index >= 15 is 0 Å². The molecule has 2 atom stereocenters. The summed E-state index contributed by atoms with van der Waals surface area (Å²) in [4.78, 5) is 30.2. The van der Waals surface area contributed by atoms with Crippen LogP contribution >= 0.6 is 0 Å². The quantitative estimate of drug-likeness (QED) is 0.0982. The number of nitrogens with two attached hydrogens (primary N) is 1. The smallest absolute Gasteiger partial charge is 0.248 e. The number of primary amides is 1. The fourth-order valence-corrected chi connectivity index (χ4v) is 7.58. The predicted molar refractivity (Wildman–Crippen MR) is 195 cm³/mol. The molecule has 0 bridgehead atoms. The maximum absolute atomic E-state index is 13.3. The predicted octanol–water partition coefficient (Wildman–Crippen LogP) is 5.22. The molecule has 0 radical (unpaired) electrons. The van der Waals surface area contributed by atoms with Gasteiger partial charge in [0.2, 0.25) is 11.5 Å². The number of aromatic nitrogens is 1. The number of carbonyl (C=O) groups excluding carboxylic acids is 1. The molecule has 1 fully saturated rings. The number of hydrogen-bond donors (Lipinski definition) is 5. The second-order valence-corrected chi connectivity index (χ2v) is 13.2. The highest BCUT2D eigenvalue weighted by molar-refractivity contribution is 5.91. The molecule has 4 aromatic carbocycles. The number of benzene rings is 4. The van der Waals surface area contributed by atoms with Crippen LogP contribution in [-0.4, -0.2) is 58.7 Å². The Bertz CT molecular complexity index is 1850. The molecule has 1 saturated heterocycles. The summed E-state index contributed by atoms with van der Waals surface area (Å²) in [6, 6.07) is 35.1. The molecule has 49 heavy (non-hydrogen) atoms. The molecular weight excluding hydrogens is 612 g/mol. The van der Waals surface area contributed by atoms with Gasteiger partial charge >= 0.3 is 0 Å². The summed E-state index contributed by atoms with van der Waals surface area (Å²) in [5.74, 6) is -0.188. The first-order valence-corrected chi connectivity index (χ1v) is 17.3. The van der Waals surface area contributed by atoms with Gasteiger partial charge in [0.25, 0.3) is 0 Å². The van der Waals surface area contributed by atoms with Crippen LogP contribution in [0.4, 0.5) is 0 Å². The number of rotatable bonds is 15. The van der Waals surface area contributed by atoms with Crippen LogP contribution in [0.2, 0.25) is 0 Å². The standard InChI is InChI=1S/C41H46N4O4/c42-40(49)41(31-10-3-1-4-11-31,32-12-5-2-6-13-32)33-23-26-45(28-33)25-8-7-9-29-14-16-30(17-15-29)22-24-43-27-37(47)34-18-20-36(46)39-35(34)19-21-38(48)44-39/h1-6,10-21,33,37,43,46-47H,7-9,22-28H2,(H2,42,49)(H,44,48)/t33-,37-/m1/s1. The van der Waals surface area contributed by atoms with Crippen LogP contribution in [0.3, 0.4) is 0 Å². The van der Waals surface area contributed by atoms with Crippen molar-refractivity contribution >= 4 is 16.8 Å². The molecule has 0 unspecified atom stereocenters. The van der Waals surface area contributed by atoms with Crippen molar-refractivity contribution in [2.75, 3.05) is 32.7 Å². The number of H-pyrrole nitrogens is 1. The van der Waals surface area contributed by atoms with Crippen LogP contribution in [0.15, 0.2) is 114 Å². The molecule has 8 heteroatoms. The number of fused-ring (bicyclic) bond motifs is 1. The number of amides is 1. The number of unbranched alkanes of at least 4 members (excludes halogenated alkanes) is 1. The molecule has 8 nitrogen and oxygen atoms in total. The van der Waals surface area contributed by atoms with Gasteiger partial charge in [0.15, 0.2) is 0 Å². The first-order valence-electron chi connectivity index (χ1n) is 17.3. The van der Waals surface area contributed by atoms with Crippen molar-refractivity contribution in [3.05, 3.63) is 147 Å². The third kappa shape index (κ3) is 7.62. The van der Waals surface area contributed by atoms with E-state index in [1.165, 1.54) is 23.3 Å². The van der Waals surface area contributed by atoms with E-state index in [-0.39, 0.29) is 23.1 Å². The summed E-state index contributed by atoms with van der Waals surface area (Å²) in [6.45, 7) is 3.88. The number of aryl methyl sites for hydroxylation is 1. The lowest BCUT2D eigenvalue weighted by atomic mass is 9.64. The highest BCUT2D eigenvalue weighted by Crippen LogP contribution is 2.43. The van der Waals surface area contributed by atoms with E-state index in [9.17, 15) is 19.8 Å². The average molecular weight is 659 g/mol. The third-order valence-electron chi connectivity index (χ3n) is 10.1. The number of nitrogens with one attached hydrogen (secondary N) is 2. The lowest BCUT2D eigenvalue weighted by Crippen LogP contribution is -2.49. The van der Waals surface area contributed by atoms with Gasteiger partial charge in [-0.2, -0.15) is 0 Å². The normalized spacial score (nSPS) is 15.8. The second-order valence-electron chi connectivity index (χ2n) is 13.2. The summed E-state index contributed by atoms with van der Waals surface area (Å²) in [7, 11) is 0. The van der Waals surface area contributed by atoms with Gasteiger partial charge < -0.3 is 31.1 Å². The fourth-order valence-electron chi connectivity index (χ4n) is 7.58. The number of aliphatic hydroxyl groups is 1. The lowest BCUT2D eigenvalue weighted by Gasteiger charge is -2.37. The summed E-state index contributed by atoms with van der Waals surface area (Å²) < 4.78 is 0. The minimum atomic E-state index is -0.849. The Morgan fingerprint density at radius 3 is 2.18 bits per heavy atom. The Hall–Kier alpha value is -4.76. The summed E-state index contributed by atoms with van der Waals surface area (Å²) in [6.07, 6.45) is 4.20. The number of phenolic OH excluding ortho intramolecular Hbond substituents is 1. The Labute approximate surface area is 287 Å². The van der Waals surface area contributed by atoms with Crippen molar-refractivity contribution in [3.8, 4) is 5.75 Å². The zero-order valence-electron chi connectivity index (χ0n) is 27.9. The molecule has 0 saturated carbocycles. The van der Waals surface area contributed by atoms with Gasteiger partial charge in [-0.25, -0.2) is 0 Å². The van der Waals surface area contributed by atoms with Crippen molar-refractivity contribution in [1.82, 2.24) is 15.2 Å². The number of aliphatic hydroxyl groups excluding tert-OH is 1. The first kappa shape index (κ1) is 34.1. The van der Waals surface area contributed by atoms with Gasteiger partial charge in [-0.3, -0.25) is 9.59 Å². The molecule has 1 aliphatic heterocycles. The monoisotopic (exact) mass is 658 g/mol. The molecule has 0 aliphatic carbocycles. The van der Waals surface area contributed by atoms with Crippen LogP contribution < -0.4 is 16.6 Å². The van der Waals surface area contributed by atoms with Crippen LogP contribution in [0.1, 0.15) is 53.2 Å². The summed E-state index contributed by atoms with van der Waals surface area (Å²) in [5.41, 5.74) is 10.6. The van der Waals surface area contributed by atoms with E-state index in [1.54, 1.807) is 12.1 Å². The highest BCUT2D eigenvalue weighted by Gasteiger charge is 2.49. The van der Waals surface area contributed by atoms with Gasteiger partial charge in [-0.05, 0) is 97.6 Å². The van der Waals surface area contributed by atoms with E-state index < -0.39 is 11.5 Å². The zero-order valence-corrected chi connectivity index (χ0v) is 27.9. The summed E-state index contributed by atoms with van der Waals surface area (Å²) in [5, 5.41) is 24.8. The Morgan fingerprint density at radius 2 is 1.53 bits per heavy atom. The lowest BCUT2D eigenvalue weighted by molar-refractivity contribution is -0.123. The average Bonchev–Trinajstić information content (AvgIpc) is 3.59. The van der Waals surface area contributed by atoms with Crippen molar-refractivity contribution in [2.45, 2.75) is 43.6 Å². The molecule has 254 valence electrons. The van der Waals surface area contributed by atoms with E-state index in [0.29, 0.717) is 29.6 Å². The van der Waals surface area contributed by atoms with E-state index in [4.69, 9.17) is 5.73 Å². The van der Waals surface area contributed by atoms with Crippen molar-refractivity contribution in [1.29, 1.82) is 0 Å².